The molecule has 0 bridgehead atoms. The zero-order chi connectivity index (χ0) is 13.8. The zero-order valence-electron chi connectivity index (χ0n) is 12.5. The molecule has 1 atom stereocenters. The van der Waals surface area contributed by atoms with Crippen LogP contribution in [-0.2, 0) is 4.79 Å². The Morgan fingerprint density at radius 3 is 2.35 bits per heavy atom. The van der Waals surface area contributed by atoms with E-state index in [1.54, 1.807) is 0 Å². The van der Waals surface area contributed by atoms with Crippen molar-refractivity contribution in [2.45, 2.75) is 63.5 Å². The molecule has 1 saturated carbocycles. The van der Waals surface area contributed by atoms with Gasteiger partial charge in [-0.25, -0.2) is 0 Å². The van der Waals surface area contributed by atoms with Crippen LogP contribution in [0.15, 0.2) is 0 Å². The van der Waals surface area contributed by atoms with Crippen LogP contribution < -0.4 is 5.32 Å². The van der Waals surface area contributed by atoms with Crippen molar-refractivity contribution in [3.63, 3.8) is 0 Å². The molecule has 1 amide bonds. The van der Waals surface area contributed by atoms with E-state index in [1.807, 2.05) is 0 Å². The number of amides is 1. The maximum absolute atomic E-state index is 12.4. The fraction of sp³-hybridized carbons (Fsp3) is 0.938. The molecule has 2 aliphatic heterocycles. The minimum Gasteiger partial charge on any atom is -0.342 e. The molecule has 0 spiro atoms. The topological polar surface area (TPSA) is 32.3 Å². The number of hydrogen-bond acceptors (Lipinski definition) is 3. The minimum atomic E-state index is 0.356. The highest BCUT2D eigenvalue weighted by molar-refractivity contribution is 7.99. The van der Waals surface area contributed by atoms with Gasteiger partial charge in [0.25, 0.3) is 0 Å². The lowest BCUT2D eigenvalue weighted by Gasteiger charge is -2.36. The van der Waals surface area contributed by atoms with Crippen molar-refractivity contribution in [2.24, 2.45) is 5.92 Å². The molecule has 3 fully saturated rings. The number of carbonyl (C=O) groups excluding carboxylic acids is 1. The van der Waals surface area contributed by atoms with Gasteiger partial charge in [-0.05, 0) is 44.3 Å². The summed E-state index contributed by atoms with van der Waals surface area (Å²) >= 11 is 2.09. The van der Waals surface area contributed by atoms with Crippen LogP contribution >= 0.6 is 11.8 Å². The molecule has 20 heavy (non-hydrogen) atoms. The number of carbonyl (C=O) groups is 1. The smallest absolute Gasteiger partial charge is 0.225 e. The summed E-state index contributed by atoms with van der Waals surface area (Å²) in [4.78, 5) is 14.5. The molecule has 0 aromatic carbocycles. The quantitative estimate of drug-likeness (QED) is 0.869. The number of thioether (sulfide) groups is 1. The number of piperidine rings is 1. The van der Waals surface area contributed by atoms with E-state index >= 15 is 0 Å². The van der Waals surface area contributed by atoms with E-state index in [-0.39, 0.29) is 0 Å². The summed E-state index contributed by atoms with van der Waals surface area (Å²) in [5.41, 5.74) is 0. The van der Waals surface area contributed by atoms with E-state index in [1.165, 1.54) is 37.2 Å². The Bertz CT molecular complexity index is 316. The molecule has 3 aliphatic rings. The van der Waals surface area contributed by atoms with Crippen LogP contribution in [0.25, 0.3) is 0 Å². The SMILES string of the molecule is O=C(C1CCCC1)N1CCC(N[C@@H]2CCCSC2)CC1. The van der Waals surface area contributed by atoms with Gasteiger partial charge in [0, 0.05) is 36.8 Å². The zero-order valence-corrected chi connectivity index (χ0v) is 13.3. The van der Waals surface area contributed by atoms with Gasteiger partial charge in [-0.3, -0.25) is 4.79 Å². The molecule has 3 nitrogen and oxygen atoms in total. The van der Waals surface area contributed by atoms with Gasteiger partial charge < -0.3 is 10.2 Å². The maximum Gasteiger partial charge on any atom is 0.225 e. The average Bonchev–Trinajstić information content (AvgIpc) is 3.03. The molecule has 114 valence electrons. The molecule has 1 N–H and O–H groups in total. The maximum atomic E-state index is 12.4. The minimum absolute atomic E-state index is 0.356. The Kier molecular flexibility index (Phi) is 5.27. The van der Waals surface area contributed by atoms with Gasteiger partial charge in [0.1, 0.15) is 0 Å². The third-order valence-corrected chi connectivity index (χ3v) is 6.36. The van der Waals surface area contributed by atoms with E-state index in [2.05, 4.69) is 22.0 Å². The molecule has 0 radical (unpaired) electrons. The van der Waals surface area contributed by atoms with Gasteiger partial charge in [0.05, 0.1) is 0 Å². The summed E-state index contributed by atoms with van der Waals surface area (Å²) in [6.45, 7) is 1.96. The first kappa shape index (κ1) is 14.7. The molecule has 2 heterocycles. The summed E-state index contributed by atoms with van der Waals surface area (Å²) in [5, 5.41) is 3.83. The van der Waals surface area contributed by atoms with Crippen molar-refractivity contribution in [3.05, 3.63) is 0 Å². The Balaban J connectivity index is 1.40. The van der Waals surface area contributed by atoms with E-state index in [0.717, 1.165) is 44.8 Å². The van der Waals surface area contributed by atoms with Gasteiger partial charge in [-0.2, -0.15) is 11.8 Å². The molecule has 0 aromatic rings. The first-order chi connectivity index (χ1) is 9.83. The van der Waals surface area contributed by atoms with Crippen molar-refractivity contribution < 1.29 is 4.79 Å². The second-order valence-corrected chi connectivity index (χ2v) is 7.81. The number of rotatable bonds is 3. The van der Waals surface area contributed by atoms with E-state index in [4.69, 9.17) is 0 Å². The van der Waals surface area contributed by atoms with Crippen molar-refractivity contribution in [1.29, 1.82) is 0 Å². The number of likely N-dealkylation sites (tertiary alicyclic amines) is 1. The van der Waals surface area contributed by atoms with Crippen LogP contribution in [-0.4, -0.2) is 47.5 Å². The van der Waals surface area contributed by atoms with Gasteiger partial charge in [-0.15, -0.1) is 0 Å². The van der Waals surface area contributed by atoms with Crippen LogP contribution in [0.1, 0.15) is 51.4 Å². The molecule has 1 aliphatic carbocycles. The summed E-state index contributed by atoms with van der Waals surface area (Å²) < 4.78 is 0. The highest BCUT2D eigenvalue weighted by Gasteiger charge is 2.30. The lowest BCUT2D eigenvalue weighted by molar-refractivity contribution is -0.136. The molecule has 0 aromatic heterocycles. The van der Waals surface area contributed by atoms with E-state index in [9.17, 15) is 4.79 Å². The first-order valence-electron chi connectivity index (χ1n) is 8.45. The Morgan fingerprint density at radius 1 is 0.950 bits per heavy atom. The molecular weight excluding hydrogens is 268 g/mol. The molecule has 4 heteroatoms. The number of nitrogens with one attached hydrogen (secondary N) is 1. The molecular formula is C16H28N2OS. The fourth-order valence-corrected chi connectivity index (χ4v) is 4.99. The standard InChI is InChI=1S/C16H28N2OS/c19-16(13-4-1-2-5-13)18-9-7-14(8-10-18)17-15-6-3-11-20-12-15/h13-15,17H,1-12H2/t15-/m1/s1. The first-order valence-corrected chi connectivity index (χ1v) is 9.61. The Labute approximate surface area is 127 Å². The molecule has 0 unspecified atom stereocenters. The van der Waals surface area contributed by atoms with Gasteiger partial charge in [0.2, 0.25) is 5.91 Å². The van der Waals surface area contributed by atoms with Crippen LogP contribution in [0.2, 0.25) is 0 Å². The number of nitrogens with zero attached hydrogens (tertiary/aromatic N) is 1. The lowest BCUT2D eigenvalue weighted by Crippen LogP contribution is -2.49. The van der Waals surface area contributed by atoms with Gasteiger partial charge >= 0.3 is 0 Å². The van der Waals surface area contributed by atoms with Crippen molar-refractivity contribution in [1.82, 2.24) is 10.2 Å². The van der Waals surface area contributed by atoms with Crippen molar-refractivity contribution >= 4 is 17.7 Å². The van der Waals surface area contributed by atoms with Crippen LogP contribution in [0.4, 0.5) is 0 Å². The highest BCUT2D eigenvalue weighted by Crippen LogP contribution is 2.28. The molecule has 2 saturated heterocycles. The fourth-order valence-electron chi connectivity index (χ4n) is 3.90. The third kappa shape index (κ3) is 3.70. The summed E-state index contributed by atoms with van der Waals surface area (Å²) in [7, 11) is 0. The Hall–Kier alpha value is -0.220. The Morgan fingerprint density at radius 2 is 1.70 bits per heavy atom. The largest absolute Gasteiger partial charge is 0.342 e. The third-order valence-electron chi connectivity index (χ3n) is 5.14. The average molecular weight is 296 g/mol. The van der Waals surface area contributed by atoms with Gasteiger partial charge in [0.15, 0.2) is 0 Å². The summed E-state index contributed by atoms with van der Waals surface area (Å²) in [6.07, 6.45) is 9.79. The van der Waals surface area contributed by atoms with Crippen LogP contribution in [0, 0.1) is 5.92 Å². The summed E-state index contributed by atoms with van der Waals surface area (Å²) in [5.74, 6) is 3.43. The van der Waals surface area contributed by atoms with E-state index in [0.29, 0.717) is 17.9 Å². The van der Waals surface area contributed by atoms with Crippen LogP contribution in [0.5, 0.6) is 0 Å². The molecule has 3 rings (SSSR count). The van der Waals surface area contributed by atoms with Crippen molar-refractivity contribution in [3.8, 4) is 0 Å². The van der Waals surface area contributed by atoms with Crippen molar-refractivity contribution in [2.75, 3.05) is 24.6 Å². The lowest BCUT2D eigenvalue weighted by atomic mass is 10.00. The second-order valence-electron chi connectivity index (χ2n) is 6.66. The second kappa shape index (κ2) is 7.17. The number of hydrogen-bond donors (Lipinski definition) is 1. The monoisotopic (exact) mass is 296 g/mol. The van der Waals surface area contributed by atoms with E-state index < -0.39 is 0 Å². The normalized spacial score (nSPS) is 29.8. The van der Waals surface area contributed by atoms with Crippen LogP contribution in [0.3, 0.4) is 0 Å². The predicted octanol–water partition coefficient (Wildman–Crippen LogP) is 2.65. The van der Waals surface area contributed by atoms with Gasteiger partial charge in [-0.1, -0.05) is 12.8 Å². The predicted molar refractivity (Wildman–Crippen MR) is 85.0 cm³/mol. The highest BCUT2D eigenvalue weighted by atomic mass is 32.2. The summed E-state index contributed by atoms with van der Waals surface area (Å²) in [6, 6.07) is 1.36.